The Labute approximate surface area is 140 Å². The third kappa shape index (κ3) is 2.33. The number of amides is 1. The molecule has 0 fully saturated rings. The Morgan fingerprint density at radius 2 is 1.79 bits per heavy atom. The molecule has 0 radical (unpaired) electrons. The molecule has 4 rings (SSSR count). The first-order chi connectivity index (χ1) is 11.6. The fourth-order valence-corrected chi connectivity index (χ4v) is 3.20. The Morgan fingerprint density at radius 1 is 1.04 bits per heavy atom. The second-order valence-corrected chi connectivity index (χ2v) is 5.97. The number of benzene rings is 2. The molecule has 4 heteroatoms. The lowest BCUT2D eigenvalue weighted by Crippen LogP contribution is -2.18. The van der Waals surface area contributed by atoms with Gasteiger partial charge >= 0.3 is 0 Å². The highest BCUT2D eigenvalue weighted by molar-refractivity contribution is 5.93. The van der Waals surface area contributed by atoms with Crippen LogP contribution in [-0.4, -0.2) is 10.5 Å². The Morgan fingerprint density at radius 3 is 2.54 bits per heavy atom. The molecule has 0 atom stereocenters. The van der Waals surface area contributed by atoms with Crippen molar-refractivity contribution in [2.45, 2.75) is 6.92 Å². The van der Waals surface area contributed by atoms with E-state index in [-0.39, 0.29) is 5.91 Å². The molecule has 1 amide bonds. The summed E-state index contributed by atoms with van der Waals surface area (Å²) in [6.07, 6.45) is 4.22. The minimum absolute atomic E-state index is 0.0608. The third-order valence-corrected chi connectivity index (χ3v) is 4.30. The molecule has 0 aliphatic carbocycles. The van der Waals surface area contributed by atoms with E-state index in [2.05, 4.69) is 64.1 Å². The van der Waals surface area contributed by atoms with Gasteiger partial charge in [-0.1, -0.05) is 18.2 Å². The molecule has 4 nitrogen and oxygen atoms in total. The molecule has 0 bridgehead atoms. The van der Waals surface area contributed by atoms with Crippen molar-refractivity contribution in [2.75, 3.05) is 5.32 Å². The number of nitrogens with zero attached hydrogens (tertiary/aromatic N) is 2. The Hall–Kier alpha value is -3.14. The zero-order valence-electron chi connectivity index (χ0n) is 13.7. The number of imidazole rings is 1. The molecule has 4 aromatic rings. The topological polar surface area (TPSA) is 38.1 Å². The molecule has 0 aliphatic heterocycles. The fraction of sp³-hybridized carbons (Fsp3) is 0.100. The number of carbonyl (C=O) groups is 1. The van der Waals surface area contributed by atoms with Crippen LogP contribution in [-0.2, 0) is 11.8 Å². The average Bonchev–Trinajstić information content (AvgIpc) is 2.92. The molecule has 0 saturated heterocycles. The highest BCUT2D eigenvalue weighted by atomic mass is 16.1. The highest BCUT2D eigenvalue weighted by Gasteiger charge is 2.18. The maximum absolute atomic E-state index is 11.1. The number of nitrogens with one attached hydrogen (secondary N) is 1. The van der Waals surface area contributed by atoms with Gasteiger partial charge in [-0.05, 0) is 41.8 Å². The number of pyridine rings is 1. The van der Waals surface area contributed by atoms with Crippen molar-refractivity contribution >= 4 is 28.0 Å². The second-order valence-electron chi connectivity index (χ2n) is 5.97. The van der Waals surface area contributed by atoms with Crippen molar-refractivity contribution in [1.82, 2.24) is 4.57 Å². The van der Waals surface area contributed by atoms with Gasteiger partial charge in [0, 0.05) is 18.2 Å². The monoisotopic (exact) mass is 316 g/mol. The van der Waals surface area contributed by atoms with Crippen LogP contribution in [0.15, 0.2) is 67.0 Å². The van der Waals surface area contributed by atoms with Crippen LogP contribution in [0.2, 0.25) is 0 Å². The predicted molar refractivity (Wildman–Crippen MR) is 95.8 cm³/mol. The van der Waals surface area contributed by atoms with Crippen molar-refractivity contribution in [3.63, 3.8) is 0 Å². The number of hydrogen-bond acceptors (Lipinski definition) is 1. The molecule has 2 aromatic heterocycles. The number of carbonyl (C=O) groups excluding carboxylic acids is 1. The number of rotatable bonds is 2. The van der Waals surface area contributed by atoms with Crippen molar-refractivity contribution in [3.8, 4) is 11.3 Å². The van der Waals surface area contributed by atoms with E-state index in [1.807, 2.05) is 24.3 Å². The average molecular weight is 316 g/mol. The van der Waals surface area contributed by atoms with E-state index in [1.54, 1.807) is 0 Å². The first kappa shape index (κ1) is 14.5. The normalized spacial score (nSPS) is 11.1. The van der Waals surface area contributed by atoms with Crippen LogP contribution in [0.5, 0.6) is 0 Å². The van der Waals surface area contributed by atoms with Gasteiger partial charge in [0.15, 0.2) is 5.69 Å². The summed E-state index contributed by atoms with van der Waals surface area (Å²) in [6, 6.07) is 18.4. The number of fused-ring (bicyclic) bond motifs is 3. The molecule has 1 N–H and O–H groups in total. The zero-order valence-corrected chi connectivity index (χ0v) is 13.7. The van der Waals surface area contributed by atoms with Gasteiger partial charge in [-0.25, -0.2) is 8.97 Å². The van der Waals surface area contributed by atoms with Gasteiger partial charge in [0.25, 0.3) is 5.65 Å². The second kappa shape index (κ2) is 5.49. The summed E-state index contributed by atoms with van der Waals surface area (Å²) in [6.45, 7) is 1.51. The van der Waals surface area contributed by atoms with Crippen LogP contribution in [0.1, 0.15) is 6.92 Å². The van der Waals surface area contributed by atoms with E-state index in [4.69, 9.17) is 0 Å². The van der Waals surface area contributed by atoms with Gasteiger partial charge in [0.05, 0.1) is 18.6 Å². The summed E-state index contributed by atoms with van der Waals surface area (Å²) in [5.41, 5.74) is 4.21. The van der Waals surface area contributed by atoms with Crippen LogP contribution in [0.3, 0.4) is 0 Å². The first-order valence-corrected chi connectivity index (χ1v) is 7.90. The van der Waals surface area contributed by atoms with Gasteiger partial charge in [0.1, 0.15) is 6.20 Å². The molecule has 118 valence electrons. The van der Waals surface area contributed by atoms with Gasteiger partial charge in [0.2, 0.25) is 5.91 Å². The van der Waals surface area contributed by atoms with E-state index in [1.165, 1.54) is 17.7 Å². The largest absolute Gasteiger partial charge is 0.326 e. The predicted octanol–water partition coefficient (Wildman–Crippen LogP) is 3.54. The summed E-state index contributed by atoms with van der Waals surface area (Å²) in [5.74, 6) is -0.0608. The van der Waals surface area contributed by atoms with Crippen molar-refractivity contribution in [2.24, 2.45) is 7.05 Å². The molecular weight excluding hydrogens is 298 g/mol. The smallest absolute Gasteiger partial charge is 0.294 e. The van der Waals surface area contributed by atoms with Crippen molar-refractivity contribution in [3.05, 3.63) is 67.0 Å². The van der Waals surface area contributed by atoms with Crippen LogP contribution < -0.4 is 9.72 Å². The Balaban J connectivity index is 1.86. The lowest BCUT2D eigenvalue weighted by Gasteiger charge is -2.03. The standard InChI is InChI=1S/C20H17N3O/c1-14(24)21-17-9-7-16(8-10-17)19-13-23-12-11-15-5-3-4-6-18(15)20(23)22(19)2/h3-13H,1-2H3/p+1. The minimum atomic E-state index is -0.0608. The molecule has 0 unspecified atom stereocenters. The van der Waals surface area contributed by atoms with Crippen molar-refractivity contribution in [1.29, 1.82) is 0 Å². The van der Waals surface area contributed by atoms with Crippen LogP contribution >= 0.6 is 0 Å². The third-order valence-electron chi connectivity index (χ3n) is 4.30. The quantitative estimate of drug-likeness (QED) is 0.564. The lowest BCUT2D eigenvalue weighted by molar-refractivity contribution is -0.509. The number of anilines is 1. The summed E-state index contributed by atoms with van der Waals surface area (Å²) >= 11 is 0. The molecule has 0 saturated carbocycles. The SMILES string of the molecule is CC(=O)Nc1ccc(-c2c[n+]3ccc4ccccc4c3n2C)cc1. The van der Waals surface area contributed by atoms with Crippen molar-refractivity contribution < 1.29 is 9.20 Å². The minimum Gasteiger partial charge on any atom is -0.326 e. The molecule has 24 heavy (non-hydrogen) atoms. The molecule has 0 aliphatic rings. The summed E-state index contributed by atoms with van der Waals surface area (Å²) in [5, 5.41) is 5.25. The first-order valence-electron chi connectivity index (χ1n) is 7.90. The van der Waals surface area contributed by atoms with Crippen LogP contribution in [0, 0.1) is 0 Å². The summed E-state index contributed by atoms with van der Waals surface area (Å²) in [4.78, 5) is 11.1. The zero-order chi connectivity index (χ0) is 16.7. The van der Waals surface area contributed by atoms with E-state index in [9.17, 15) is 4.79 Å². The highest BCUT2D eigenvalue weighted by Crippen LogP contribution is 2.25. The van der Waals surface area contributed by atoms with E-state index in [0.29, 0.717) is 0 Å². The van der Waals surface area contributed by atoms with Crippen LogP contribution in [0.4, 0.5) is 5.69 Å². The summed E-state index contributed by atoms with van der Waals surface area (Å²) in [7, 11) is 2.08. The maximum Gasteiger partial charge on any atom is 0.294 e. The Bertz CT molecular complexity index is 1060. The number of hydrogen-bond donors (Lipinski definition) is 1. The fourth-order valence-electron chi connectivity index (χ4n) is 3.20. The molecule has 2 aromatic carbocycles. The summed E-state index contributed by atoms with van der Waals surface area (Å²) < 4.78 is 4.36. The molecule has 0 spiro atoms. The maximum atomic E-state index is 11.1. The van der Waals surface area contributed by atoms with Gasteiger partial charge in [-0.15, -0.1) is 0 Å². The number of aromatic nitrogens is 2. The Kier molecular flexibility index (Phi) is 3.31. The van der Waals surface area contributed by atoms with Gasteiger partial charge < -0.3 is 5.32 Å². The van der Waals surface area contributed by atoms with E-state index >= 15 is 0 Å². The van der Waals surface area contributed by atoms with E-state index < -0.39 is 0 Å². The van der Waals surface area contributed by atoms with Gasteiger partial charge in [-0.2, -0.15) is 0 Å². The lowest BCUT2D eigenvalue weighted by atomic mass is 10.1. The molecular formula is C20H18N3O+. The molecule has 2 heterocycles. The van der Waals surface area contributed by atoms with E-state index in [0.717, 1.165) is 22.6 Å². The van der Waals surface area contributed by atoms with Crippen LogP contribution in [0.25, 0.3) is 27.7 Å². The number of aryl methyl sites for hydroxylation is 1. The van der Waals surface area contributed by atoms with Gasteiger partial charge in [-0.3, -0.25) is 4.79 Å².